The van der Waals surface area contributed by atoms with Crippen LogP contribution in [0.4, 0.5) is 0 Å². The molecule has 3 aromatic heterocycles. The van der Waals surface area contributed by atoms with Gasteiger partial charge < -0.3 is 4.90 Å². The predicted octanol–water partition coefficient (Wildman–Crippen LogP) is 3.05. The van der Waals surface area contributed by atoms with E-state index >= 15 is 0 Å². The molecule has 3 heterocycles. The maximum absolute atomic E-state index is 11.6. The average molecular weight is 428 g/mol. The normalized spacial score (nSPS) is 14.6. The Morgan fingerprint density at radius 3 is 2.62 bits per heavy atom. The van der Waals surface area contributed by atoms with Crippen LogP contribution in [0.3, 0.4) is 0 Å². The van der Waals surface area contributed by atoms with Crippen LogP contribution in [0.15, 0.2) is 61.1 Å². The van der Waals surface area contributed by atoms with E-state index in [1.165, 1.54) is 5.56 Å². The van der Waals surface area contributed by atoms with Crippen molar-refractivity contribution < 1.29 is 10.0 Å². The van der Waals surface area contributed by atoms with E-state index in [0.29, 0.717) is 5.56 Å². The van der Waals surface area contributed by atoms with Crippen molar-refractivity contribution in [3.8, 4) is 11.4 Å². The number of hydrogen-bond donors (Lipinski definition) is 2. The highest BCUT2D eigenvalue weighted by molar-refractivity contribution is 5.93. The summed E-state index contributed by atoms with van der Waals surface area (Å²) in [7, 11) is 4.10. The molecule has 0 radical (unpaired) electrons. The standard InChI is InChI=1S/C24H24N6O2/c1-29(2)15-16-8-12-30-20(14-26-21(30)13-16)19-7-11-25-23(27-19)24(9-10-24)18-5-3-17(4-6-18)22(31)28-32/h3-8,11-14,32H,9-10,15H2,1-2H3,(H,28,31). The minimum atomic E-state index is -0.527. The highest BCUT2D eigenvalue weighted by atomic mass is 16.5. The summed E-state index contributed by atoms with van der Waals surface area (Å²) in [5.41, 5.74) is 6.73. The van der Waals surface area contributed by atoms with Crippen LogP contribution < -0.4 is 5.48 Å². The van der Waals surface area contributed by atoms with E-state index in [2.05, 4.69) is 27.0 Å². The Kier molecular flexibility index (Phi) is 4.96. The Labute approximate surface area is 185 Å². The molecule has 4 aromatic rings. The van der Waals surface area contributed by atoms with E-state index < -0.39 is 5.91 Å². The van der Waals surface area contributed by atoms with Gasteiger partial charge in [0.15, 0.2) is 0 Å². The Hall–Kier alpha value is -3.62. The van der Waals surface area contributed by atoms with Gasteiger partial charge in [0.05, 0.1) is 23.0 Å². The van der Waals surface area contributed by atoms with Crippen molar-refractivity contribution in [1.82, 2.24) is 29.7 Å². The maximum Gasteiger partial charge on any atom is 0.274 e. The lowest BCUT2D eigenvalue weighted by Crippen LogP contribution is -2.19. The molecule has 1 saturated carbocycles. The van der Waals surface area contributed by atoms with Crippen molar-refractivity contribution in [2.75, 3.05) is 14.1 Å². The second-order valence-electron chi connectivity index (χ2n) is 8.51. The fourth-order valence-electron chi connectivity index (χ4n) is 4.18. The predicted molar refractivity (Wildman–Crippen MR) is 119 cm³/mol. The van der Waals surface area contributed by atoms with Gasteiger partial charge in [0.25, 0.3) is 5.91 Å². The maximum atomic E-state index is 11.6. The molecule has 0 atom stereocenters. The van der Waals surface area contributed by atoms with Gasteiger partial charge in [-0.25, -0.2) is 20.4 Å². The average Bonchev–Trinajstić information content (AvgIpc) is 3.52. The van der Waals surface area contributed by atoms with E-state index in [4.69, 9.17) is 10.2 Å². The molecule has 32 heavy (non-hydrogen) atoms. The number of pyridine rings is 1. The summed E-state index contributed by atoms with van der Waals surface area (Å²) < 4.78 is 2.05. The molecule has 0 spiro atoms. The fourth-order valence-corrected chi connectivity index (χ4v) is 4.18. The van der Waals surface area contributed by atoms with E-state index in [9.17, 15) is 4.79 Å². The molecule has 0 aliphatic heterocycles. The van der Waals surface area contributed by atoms with Crippen molar-refractivity contribution in [2.24, 2.45) is 0 Å². The quantitative estimate of drug-likeness (QED) is 0.362. The lowest BCUT2D eigenvalue weighted by molar-refractivity contribution is 0.0706. The van der Waals surface area contributed by atoms with Crippen molar-refractivity contribution in [1.29, 1.82) is 0 Å². The number of benzene rings is 1. The number of carbonyl (C=O) groups excluding carboxylic acids is 1. The molecule has 5 rings (SSSR count). The van der Waals surface area contributed by atoms with Crippen LogP contribution in [0.2, 0.25) is 0 Å². The number of nitrogens with zero attached hydrogens (tertiary/aromatic N) is 5. The molecule has 162 valence electrons. The van der Waals surface area contributed by atoms with Gasteiger partial charge >= 0.3 is 0 Å². The van der Waals surface area contributed by atoms with Gasteiger partial charge in [0, 0.05) is 24.5 Å². The third-order valence-corrected chi connectivity index (χ3v) is 5.97. The summed E-state index contributed by atoms with van der Waals surface area (Å²) in [5.74, 6) is 0.245. The van der Waals surface area contributed by atoms with E-state index in [1.54, 1.807) is 23.8 Å². The molecule has 1 aromatic carbocycles. The largest absolute Gasteiger partial charge is 0.305 e. The molecule has 1 aliphatic rings. The van der Waals surface area contributed by atoms with Crippen molar-refractivity contribution in [2.45, 2.75) is 24.8 Å². The number of amides is 1. The third-order valence-electron chi connectivity index (χ3n) is 5.97. The molecule has 0 saturated heterocycles. The molecule has 8 heteroatoms. The first-order chi connectivity index (χ1) is 15.5. The Morgan fingerprint density at radius 2 is 1.94 bits per heavy atom. The van der Waals surface area contributed by atoms with Crippen LogP contribution in [0.25, 0.3) is 17.0 Å². The van der Waals surface area contributed by atoms with Crippen LogP contribution in [0, 0.1) is 0 Å². The van der Waals surface area contributed by atoms with E-state index in [1.807, 2.05) is 49.1 Å². The monoisotopic (exact) mass is 428 g/mol. The molecule has 1 amide bonds. The molecule has 1 aliphatic carbocycles. The van der Waals surface area contributed by atoms with Gasteiger partial charge in [-0.05, 0) is 68.4 Å². The van der Waals surface area contributed by atoms with Gasteiger partial charge in [0.1, 0.15) is 11.5 Å². The Balaban J connectivity index is 1.48. The lowest BCUT2D eigenvalue weighted by Gasteiger charge is -2.15. The SMILES string of the molecule is CN(C)Cc1ccn2c(-c3ccnc(C4(c5ccc(C(=O)NO)cc5)CC4)n3)cnc2c1. The summed E-state index contributed by atoms with van der Waals surface area (Å²) in [5, 5.41) is 8.83. The number of fused-ring (bicyclic) bond motifs is 1. The van der Waals surface area contributed by atoms with Crippen LogP contribution in [-0.4, -0.2) is 49.5 Å². The number of hydroxylamine groups is 1. The summed E-state index contributed by atoms with van der Waals surface area (Å²) in [6, 6.07) is 13.3. The molecular weight excluding hydrogens is 404 g/mol. The number of rotatable bonds is 6. The molecule has 1 fully saturated rings. The number of aromatic nitrogens is 4. The first-order valence-corrected chi connectivity index (χ1v) is 10.5. The van der Waals surface area contributed by atoms with Crippen LogP contribution >= 0.6 is 0 Å². The first kappa shape index (κ1) is 20.3. The Bertz CT molecular complexity index is 1290. The van der Waals surface area contributed by atoms with Gasteiger partial charge in [-0.1, -0.05) is 12.1 Å². The highest BCUT2D eigenvalue weighted by Crippen LogP contribution is 2.52. The number of nitrogens with one attached hydrogen (secondary N) is 1. The number of hydrogen-bond acceptors (Lipinski definition) is 6. The second kappa shape index (κ2) is 7.81. The van der Waals surface area contributed by atoms with E-state index in [-0.39, 0.29) is 5.41 Å². The molecule has 8 nitrogen and oxygen atoms in total. The summed E-state index contributed by atoms with van der Waals surface area (Å²) in [6.45, 7) is 0.859. The fraction of sp³-hybridized carbons (Fsp3) is 0.250. The topological polar surface area (TPSA) is 95.7 Å². The molecule has 2 N–H and O–H groups in total. The second-order valence-corrected chi connectivity index (χ2v) is 8.51. The number of imidazole rings is 1. The van der Waals surface area contributed by atoms with Crippen LogP contribution in [0.1, 0.15) is 40.2 Å². The van der Waals surface area contributed by atoms with Gasteiger partial charge in [-0.2, -0.15) is 0 Å². The number of carbonyl (C=O) groups is 1. The minimum Gasteiger partial charge on any atom is -0.305 e. The zero-order valence-corrected chi connectivity index (χ0v) is 18.0. The minimum absolute atomic E-state index is 0.246. The van der Waals surface area contributed by atoms with Crippen LogP contribution in [0.5, 0.6) is 0 Å². The Morgan fingerprint density at radius 1 is 1.16 bits per heavy atom. The smallest absolute Gasteiger partial charge is 0.274 e. The molecular formula is C24H24N6O2. The zero-order chi connectivity index (χ0) is 22.3. The van der Waals surface area contributed by atoms with Gasteiger partial charge in [-0.3, -0.25) is 14.4 Å². The summed E-state index contributed by atoms with van der Waals surface area (Å²) >= 11 is 0. The van der Waals surface area contributed by atoms with Crippen molar-refractivity contribution >= 4 is 11.6 Å². The van der Waals surface area contributed by atoms with E-state index in [0.717, 1.165) is 47.8 Å². The first-order valence-electron chi connectivity index (χ1n) is 10.5. The third kappa shape index (κ3) is 3.53. The van der Waals surface area contributed by atoms with Crippen LogP contribution in [-0.2, 0) is 12.0 Å². The summed E-state index contributed by atoms with van der Waals surface area (Å²) in [6.07, 6.45) is 7.58. The molecule has 0 unspecified atom stereocenters. The van der Waals surface area contributed by atoms with Crippen molar-refractivity contribution in [3.05, 3.63) is 83.6 Å². The highest BCUT2D eigenvalue weighted by Gasteiger charge is 2.48. The van der Waals surface area contributed by atoms with Gasteiger partial charge in [-0.15, -0.1) is 0 Å². The zero-order valence-electron chi connectivity index (χ0n) is 18.0. The summed E-state index contributed by atoms with van der Waals surface area (Å²) in [4.78, 5) is 27.9. The van der Waals surface area contributed by atoms with Gasteiger partial charge in [0.2, 0.25) is 0 Å². The molecule has 0 bridgehead atoms. The van der Waals surface area contributed by atoms with Crippen molar-refractivity contribution in [3.63, 3.8) is 0 Å². The lowest BCUT2D eigenvalue weighted by atomic mass is 9.94.